The molecule has 2 aliphatic rings. The zero-order valence-electron chi connectivity index (χ0n) is 7.52. The Balaban J connectivity index is 2.04. The standard InChI is InChI=1S/C8H13NO3S/c1-2-13(12)9-4-6-3-8(6,5-9)7(10)11/h6H,2-5H2,1H3,(H,10,11). The van der Waals surface area contributed by atoms with E-state index in [0.29, 0.717) is 18.8 Å². The summed E-state index contributed by atoms with van der Waals surface area (Å²) in [6.45, 7) is 3.04. The van der Waals surface area contributed by atoms with Gasteiger partial charge in [0.2, 0.25) is 0 Å². The molecule has 2 rings (SSSR count). The lowest BCUT2D eigenvalue weighted by atomic mass is 10.1. The van der Waals surface area contributed by atoms with Gasteiger partial charge in [0.1, 0.15) is 0 Å². The molecule has 4 nitrogen and oxygen atoms in total. The van der Waals surface area contributed by atoms with E-state index in [-0.39, 0.29) is 5.92 Å². The summed E-state index contributed by atoms with van der Waals surface area (Å²) in [4.78, 5) is 10.9. The molecule has 1 saturated heterocycles. The predicted molar refractivity (Wildman–Crippen MR) is 48.4 cm³/mol. The van der Waals surface area contributed by atoms with Crippen LogP contribution >= 0.6 is 0 Å². The van der Waals surface area contributed by atoms with Gasteiger partial charge >= 0.3 is 5.97 Å². The van der Waals surface area contributed by atoms with Crippen molar-refractivity contribution < 1.29 is 14.1 Å². The topological polar surface area (TPSA) is 57.6 Å². The molecule has 0 aromatic rings. The molecule has 1 N–H and O–H groups in total. The second-order valence-electron chi connectivity index (χ2n) is 3.79. The van der Waals surface area contributed by atoms with Crippen LogP contribution in [0, 0.1) is 11.3 Å². The van der Waals surface area contributed by atoms with Gasteiger partial charge in [0.15, 0.2) is 0 Å². The van der Waals surface area contributed by atoms with Crippen molar-refractivity contribution in [3.05, 3.63) is 0 Å². The van der Waals surface area contributed by atoms with E-state index < -0.39 is 22.4 Å². The van der Waals surface area contributed by atoms with Gasteiger partial charge in [-0.2, -0.15) is 0 Å². The van der Waals surface area contributed by atoms with Crippen LogP contribution in [0.5, 0.6) is 0 Å². The van der Waals surface area contributed by atoms with Crippen LogP contribution in [0.15, 0.2) is 0 Å². The number of rotatable bonds is 3. The first-order chi connectivity index (χ1) is 6.10. The second-order valence-corrected chi connectivity index (χ2v) is 5.53. The number of hydrogen-bond acceptors (Lipinski definition) is 2. The number of aliphatic carboxylic acids is 1. The Kier molecular flexibility index (Phi) is 1.96. The van der Waals surface area contributed by atoms with Crippen LogP contribution in [0.25, 0.3) is 0 Å². The van der Waals surface area contributed by atoms with Crippen molar-refractivity contribution in [2.75, 3.05) is 18.8 Å². The van der Waals surface area contributed by atoms with E-state index in [0.717, 1.165) is 6.42 Å². The second kappa shape index (κ2) is 2.78. The molecule has 13 heavy (non-hydrogen) atoms. The summed E-state index contributed by atoms with van der Waals surface area (Å²) in [6.07, 6.45) is 0.778. The number of carboxylic acids is 1. The third-order valence-corrected chi connectivity index (χ3v) is 4.42. The average Bonchev–Trinajstić information content (AvgIpc) is 2.69. The van der Waals surface area contributed by atoms with E-state index in [1.165, 1.54) is 0 Å². The summed E-state index contributed by atoms with van der Waals surface area (Å²) < 4.78 is 13.2. The number of hydrogen-bond donors (Lipinski definition) is 1. The molecule has 2 fully saturated rings. The molecule has 0 radical (unpaired) electrons. The Bertz CT molecular complexity index is 281. The molecule has 5 heteroatoms. The van der Waals surface area contributed by atoms with Gasteiger partial charge in [0.05, 0.1) is 16.4 Å². The van der Waals surface area contributed by atoms with E-state index >= 15 is 0 Å². The summed E-state index contributed by atoms with van der Waals surface area (Å²) >= 11 is 0. The zero-order valence-corrected chi connectivity index (χ0v) is 8.34. The minimum atomic E-state index is -0.965. The summed E-state index contributed by atoms with van der Waals surface area (Å²) in [5, 5.41) is 8.96. The third kappa shape index (κ3) is 1.21. The SMILES string of the molecule is CCS(=O)N1CC2CC2(C(=O)O)C1. The number of piperidine rings is 1. The first kappa shape index (κ1) is 9.15. The van der Waals surface area contributed by atoms with Crippen LogP contribution < -0.4 is 0 Å². The Morgan fingerprint density at radius 2 is 2.46 bits per heavy atom. The monoisotopic (exact) mass is 203 g/mol. The fourth-order valence-electron chi connectivity index (χ4n) is 2.11. The lowest BCUT2D eigenvalue weighted by Crippen LogP contribution is -2.30. The summed E-state index contributed by atoms with van der Waals surface area (Å²) in [6, 6.07) is 0. The molecule has 3 unspecified atom stereocenters. The Morgan fingerprint density at radius 1 is 1.77 bits per heavy atom. The van der Waals surface area contributed by atoms with Gasteiger partial charge in [-0.05, 0) is 12.3 Å². The molecule has 0 aromatic heterocycles. The third-order valence-electron chi connectivity index (χ3n) is 3.08. The highest BCUT2D eigenvalue weighted by Crippen LogP contribution is 2.58. The van der Waals surface area contributed by atoms with Crippen molar-refractivity contribution in [2.45, 2.75) is 13.3 Å². The summed E-state index contributed by atoms with van der Waals surface area (Å²) in [7, 11) is -0.965. The van der Waals surface area contributed by atoms with Gasteiger partial charge in [-0.25, -0.2) is 8.51 Å². The lowest BCUT2D eigenvalue weighted by molar-refractivity contribution is -0.143. The van der Waals surface area contributed by atoms with Crippen LogP contribution in [0.1, 0.15) is 13.3 Å². The maximum Gasteiger partial charge on any atom is 0.311 e. The Hall–Kier alpha value is -0.420. The molecular formula is C8H13NO3S. The van der Waals surface area contributed by atoms with E-state index in [2.05, 4.69) is 0 Å². The molecule has 0 amide bonds. The van der Waals surface area contributed by atoms with Gasteiger partial charge in [-0.1, -0.05) is 6.92 Å². The number of nitrogens with zero attached hydrogens (tertiary/aromatic N) is 1. The van der Waals surface area contributed by atoms with Gasteiger partial charge in [-0.3, -0.25) is 4.79 Å². The van der Waals surface area contributed by atoms with Crippen LogP contribution in [0.2, 0.25) is 0 Å². The van der Waals surface area contributed by atoms with Crippen LogP contribution in [0.4, 0.5) is 0 Å². The van der Waals surface area contributed by atoms with E-state index in [1.807, 2.05) is 6.92 Å². The van der Waals surface area contributed by atoms with Crippen molar-refractivity contribution in [3.63, 3.8) is 0 Å². The first-order valence-electron chi connectivity index (χ1n) is 4.47. The number of fused-ring (bicyclic) bond motifs is 1. The van der Waals surface area contributed by atoms with E-state index in [1.54, 1.807) is 4.31 Å². The van der Waals surface area contributed by atoms with Gasteiger partial charge in [0, 0.05) is 18.8 Å². The highest BCUT2D eigenvalue weighted by molar-refractivity contribution is 7.82. The molecule has 1 heterocycles. The van der Waals surface area contributed by atoms with Gasteiger partial charge in [-0.15, -0.1) is 0 Å². The molecule has 1 saturated carbocycles. The van der Waals surface area contributed by atoms with E-state index in [4.69, 9.17) is 5.11 Å². The van der Waals surface area contributed by atoms with Crippen molar-refractivity contribution in [2.24, 2.45) is 11.3 Å². The number of carbonyl (C=O) groups is 1. The first-order valence-corrected chi connectivity index (χ1v) is 5.74. The maximum absolute atomic E-state index is 11.4. The minimum Gasteiger partial charge on any atom is -0.481 e. The Morgan fingerprint density at radius 3 is 2.92 bits per heavy atom. The van der Waals surface area contributed by atoms with Crippen molar-refractivity contribution in [3.8, 4) is 0 Å². The van der Waals surface area contributed by atoms with Crippen LogP contribution in [-0.4, -0.2) is 38.4 Å². The molecule has 1 aliphatic heterocycles. The quantitative estimate of drug-likeness (QED) is 0.706. The summed E-state index contributed by atoms with van der Waals surface area (Å²) in [5.41, 5.74) is -0.537. The van der Waals surface area contributed by atoms with Crippen LogP contribution in [-0.2, 0) is 15.8 Å². The molecule has 0 bridgehead atoms. The summed E-state index contributed by atoms with van der Waals surface area (Å²) in [5.74, 6) is 0.121. The van der Waals surface area contributed by atoms with Gasteiger partial charge < -0.3 is 5.11 Å². The highest BCUT2D eigenvalue weighted by Gasteiger charge is 2.66. The van der Waals surface area contributed by atoms with Crippen molar-refractivity contribution >= 4 is 17.0 Å². The lowest BCUT2D eigenvalue weighted by Gasteiger charge is -2.16. The molecule has 0 spiro atoms. The molecule has 0 aromatic carbocycles. The molecule has 3 atom stereocenters. The number of carboxylic acid groups (broad SMARTS) is 1. The minimum absolute atomic E-state index is 0.250. The smallest absolute Gasteiger partial charge is 0.311 e. The van der Waals surface area contributed by atoms with Crippen LogP contribution in [0.3, 0.4) is 0 Å². The van der Waals surface area contributed by atoms with Gasteiger partial charge in [0.25, 0.3) is 0 Å². The predicted octanol–water partition coefficient (Wildman–Crippen LogP) is 0.0765. The molecule has 74 valence electrons. The normalized spacial score (nSPS) is 39.9. The fourth-order valence-corrected chi connectivity index (χ4v) is 3.19. The zero-order chi connectivity index (χ0) is 9.64. The molecule has 1 aliphatic carbocycles. The maximum atomic E-state index is 11.4. The highest BCUT2D eigenvalue weighted by atomic mass is 32.2. The van der Waals surface area contributed by atoms with E-state index in [9.17, 15) is 9.00 Å². The fraction of sp³-hybridized carbons (Fsp3) is 0.875. The Labute approximate surface area is 79.5 Å². The average molecular weight is 203 g/mol. The van der Waals surface area contributed by atoms with Crippen molar-refractivity contribution in [1.82, 2.24) is 4.31 Å². The molecular weight excluding hydrogens is 190 g/mol. The van der Waals surface area contributed by atoms with Crippen molar-refractivity contribution in [1.29, 1.82) is 0 Å². The largest absolute Gasteiger partial charge is 0.481 e.